The molecule has 27 heavy (non-hydrogen) atoms. The average molecular weight is 414 g/mol. The van der Waals surface area contributed by atoms with Crippen LogP contribution in [0.5, 0.6) is 0 Å². The normalized spacial score (nSPS) is 11.7. The summed E-state index contributed by atoms with van der Waals surface area (Å²) in [7, 11) is -3.72. The lowest BCUT2D eigenvalue weighted by atomic mass is 10.2. The lowest BCUT2D eigenvalue weighted by Gasteiger charge is -2.09. The Balaban J connectivity index is 1.76. The molecule has 0 aliphatic heterocycles. The zero-order valence-corrected chi connectivity index (χ0v) is 16.7. The van der Waals surface area contributed by atoms with Gasteiger partial charge in [-0.3, -0.25) is 9.52 Å². The average Bonchev–Trinajstić information content (AvgIpc) is 2.68. The van der Waals surface area contributed by atoms with Crippen LogP contribution in [0.2, 0.25) is 0 Å². The van der Waals surface area contributed by atoms with E-state index in [9.17, 15) is 13.2 Å². The van der Waals surface area contributed by atoms with Crippen LogP contribution in [-0.2, 0) is 10.0 Å². The number of thioether (sulfide) groups is 1. The first kappa shape index (κ1) is 18.0. The molecule has 1 heterocycles. The van der Waals surface area contributed by atoms with Gasteiger partial charge in [0, 0.05) is 30.8 Å². The van der Waals surface area contributed by atoms with Crippen LogP contribution in [0, 0.1) is 0 Å². The van der Waals surface area contributed by atoms with Gasteiger partial charge < -0.3 is 0 Å². The maximum absolute atomic E-state index is 12.8. The summed E-state index contributed by atoms with van der Waals surface area (Å²) in [4.78, 5) is 13.9. The first-order valence-corrected chi connectivity index (χ1v) is 11.6. The molecule has 0 aliphatic carbocycles. The summed E-state index contributed by atoms with van der Waals surface area (Å²) in [6.07, 6.45) is 1.93. The highest BCUT2D eigenvalue weighted by Crippen LogP contribution is 2.27. The van der Waals surface area contributed by atoms with Crippen molar-refractivity contribution in [2.24, 2.45) is 0 Å². The summed E-state index contributed by atoms with van der Waals surface area (Å²) in [5.74, 6) is 0. The zero-order valence-electron chi connectivity index (χ0n) is 14.3. The van der Waals surface area contributed by atoms with Crippen molar-refractivity contribution in [3.8, 4) is 0 Å². The van der Waals surface area contributed by atoms with Gasteiger partial charge in [0.2, 0.25) is 0 Å². The molecular formula is C20H15NO3S3. The molecule has 4 nitrogen and oxygen atoms in total. The van der Waals surface area contributed by atoms with E-state index in [4.69, 9.17) is 0 Å². The molecule has 0 saturated heterocycles. The van der Waals surface area contributed by atoms with E-state index in [0.717, 1.165) is 14.3 Å². The molecule has 1 aromatic heterocycles. The molecule has 0 saturated carbocycles. The van der Waals surface area contributed by atoms with Gasteiger partial charge >= 0.3 is 0 Å². The van der Waals surface area contributed by atoms with Crippen molar-refractivity contribution in [2.45, 2.75) is 9.79 Å². The number of anilines is 1. The van der Waals surface area contributed by atoms with E-state index in [2.05, 4.69) is 4.72 Å². The van der Waals surface area contributed by atoms with E-state index in [1.165, 1.54) is 11.3 Å². The number of sulfonamides is 1. The highest BCUT2D eigenvalue weighted by atomic mass is 32.2. The molecule has 4 aromatic rings. The van der Waals surface area contributed by atoms with E-state index in [1.807, 2.05) is 24.5 Å². The molecule has 0 spiro atoms. The van der Waals surface area contributed by atoms with Gasteiger partial charge in [-0.2, -0.15) is 0 Å². The fraction of sp³-hybridized carbons (Fsp3) is 0.0500. The summed E-state index contributed by atoms with van der Waals surface area (Å²) in [5, 5.41) is 1.15. The van der Waals surface area contributed by atoms with Crippen LogP contribution >= 0.6 is 23.1 Å². The molecule has 0 radical (unpaired) electrons. The molecule has 3 aromatic carbocycles. The number of hydrogen-bond acceptors (Lipinski definition) is 5. The van der Waals surface area contributed by atoms with E-state index in [-0.39, 0.29) is 10.3 Å². The molecule has 4 rings (SSSR count). The lowest BCUT2D eigenvalue weighted by Crippen LogP contribution is -2.13. The Hall–Kier alpha value is -2.35. The largest absolute Gasteiger partial charge is 0.289 e. The van der Waals surface area contributed by atoms with E-state index in [0.29, 0.717) is 16.5 Å². The van der Waals surface area contributed by atoms with Crippen LogP contribution in [0.25, 0.3) is 20.2 Å². The second-order valence-corrected chi connectivity index (χ2v) is 9.57. The molecule has 0 fully saturated rings. The fourth-order valence-corrected chi connectivity index (χ4v) is 5.35. The van der Waals surface area contributed by atoms with Crippen LogP contribution in [0.4, 0.5) is 5.69 Å². The third-order valence-corrected chi connectivity index (χ3v) is 7.49. The quantitative estimate of drug-likeness (QED) is 0.380. The highest BCUT2D eigenvalue weighted by molar-refractivity contribution is 7.98. The summed E-state index contributed by atoms with van der Waals surface area (Å²) >= 11 is 3.06. The monoisotopic (exact) mass is 413 g/mol. The third kappa shape index (κ3) is 3.45. The van der Waals surface area contributed by atoms with Crippen molar-refractivity contribution in [2.75, 3.05) is 11.0 Å². The van der Waals surface area contributed by atoms with Gasteiger partial charge in [0.1, 0.15) is 0 Å². The maximum atomic E-state index is 12.8. The fourth-order valence-electron chi connectivity index (χ4n) is 2.84. The molecule has 0 atom stereocenters. The number of fused-ring (bicyclic) bond motifs is 2. The van der Waals surface area contributed by atoms with Crippen molar-refractivity contribution in [3.63, 3.8) is 0 Å². The van der Waals surface area contributed by atoms with Crippen LogP contribution in [-0.4, -0.2) is 14.7 Å². The Morgan fingerprint density at radius 2 is 1.59 bits per heavy atom. The molecule has 1 N–H and O–H groups in total. The van der Waals surface area contributed by atoms with Gasteiger partial charge in [0.05, 0.1) is 4.90 Å². The minimum atomic E-state index is -3.72. The lowest BCUT2D eigenvalue weighted by molar-refractivity contribution is 0.601. The molecular weight excluding hydrogens is 398 g/mol. The number of benzene rings is 3. The first-order valence-electron chi connectivity index (χ1n) is 8.10. The number of nitrogens with one attached hydrogen (secondary N) is 1. The van der Waals surface area contributed by atoms with Crippen LogP contribution in [0.1, 0.15) is 0 Å². The second kappa shape index (κ2) is 6.99. The van der Waals surface area contributed by atoms with Crippen molar-refractivity contribution in [1.29, 1.82) is 0 Å². The van der Waals surface area contributed by atoms with E-state index >= 15 is 0 Å². The van der Waals surface area contributed by atoms with Crippen molar-refractivity contribution < 1.29 is 8.42 Å². The van der Waals surface area contributed by atoms with Crippen LogP contribution in [0.15, 0.2) is 81.3 Å². The molecule has 0 amide bonds. The Labute approximate surface area is 164 Å². The Kier molecular flexibility index (Phi) is 4.67. The third-order valence-electron chi connectivity index (χ3n) is 4.20. The van der Waals surface area contributed by atoms with Gasteiger partial charge in [-0.15, -0.1) is 23.1 Å². The van der Waals surface area contributed by atoms with Crippen LogP contribution < -0.4 is 10.2 Å². The van der Waals surface area contributed by atoms with Crippen LogP contribution in [0.3, 0.4) is 0 Å². The minimum absolute atomic E-state index is 0.0929. The van der Waals surface area contributed by atoms with Gasteiger partial charge in [0.15, 0.2) is 5.43 Å². The summed E-state index contributed by atoms with van der Waals surface area (Å²) in [5.41, 5.74) is 0.278. The Morgan fingerprint density at radius 3 is 2.33 bits per heavy atom. The summed E-state index contributed by atoms with van der Waals surface area (Å²) in [6.45, 7) is 0. The van der Waals surface area contributed by atoms with Crippen molar-refractivity contribution >= 4 is 59.0 Å². The van der Waals surface area contributed by atoms with Crippen molar-refractivity contribution in [3.05, 3.63) is 77.0 Å². The first-order chi connectivity index (χ1) is 13.0. The second-order valence-electron chi connectivity index (χ2n) is 5.92. The molecule has 0 bridgehead atoms. The predicted molar refractivity (Wildman–Crippen MR) is 115 cm³/mol. The summed E-state index contributed by atoms with van der Waals surface area (Å²) in [6, 6.07) is 19.2. The number of hydrogen-bond donors (Lipinski definition) is 1. The van der Waals surface area contributed by atoms with Crippen molar-refractivity contribution in [1.82, 2.24) is 0 Å². The smallest absolute Gasteiger partial charge is 0.261 e. The van der Waals surface area contributed by atoms with E-state index in [1.54, 1.807) is 60.3 Å². The Morgan fingerprint density at radius 1 is 0.889 bits per heavy atom. The topological polar surface area (TPSA) is 63.2 Å². The maximum Gasteiger partial charge on any atom is 0.261 e. The molecule has 0 unspecified atom stereocenters. The van der Waals surface area contributed by atoms with Gasteiger partial charge in [0.25, 0.3) is 10.0 Å². The number of rotatable bonds is 4. The SMILES string of the molecule is CSc1ccc(S(=O)(=O)Nc2ccc3sc4ccccc4c(=O)c3c2)cc1. The molecule has 0 aliphatic rings. The predicted octanol–water partition coefficient (Wildman–Crippen LogP) is 4.94. The van der Waals surface area contributed by atoms with Gasteiger partial charge in [-0.25, -0.2) is 8.42 Å². The zero-order chi connectivity index (χ0) is 19.0. The molecule has 7 heteroatoms. The highest BCUT2D eigenvalue weighted by Gasteiger charge is 2.15. The summed E-state index contributed by atoms with van der Waals surface area (Å²) < 4.78 is 29.6. The molecule has 136 valence electrons. The van der Waals surface area contributed by atoms with Gasteiger partial charge in [-0.1, -0.05) is 12.1 Å². The van der Waals surface area contributed by atoms with E-state index < -0.39 is 10.0 Å². The standard InChI is InChI=1S/C20H15NO3S3/c1-25-14-7-9-15(10-8-14)27(23,24)21-13-6-11-19-17(12-13)20(22)16-4-2-3-5-18(16)26-19/h2-12,21H,1H3. The Bertz CT molecular complexity index is 1310. The van der Waals surface area contributed by atoms with Gasteiger partial charge in [-0.05, 0) is 60.9 Å². The minimum Gasteiger partial charge on any atom is -0.289 e.